The van der Waals surface area contributed by atoms with E-state index in [-0.39, 0.29) is 0 Å². The molecule has 0 N–H and O–H groups in total. The third-order valence-electron chi connectivity index (χ3n) is 4.63. The van der Waals surface area contributed by atoms with Crippen LogP contribution in [0.4, 0.5) is 0 Å². The first kappa shape index (κ1) is 20.7. The molecule has 132 valence electrons. The number of benzene rings is 1. The number of unbranched alkanes of at least 4 members (excludes halogenated alkanes) is 13. The summed E-state index contributed by atoms with van der Waals surface area (Å²) in [6, 6.07) is 11.0. The van der Waals surface area contributed by atoms with E-state index in [9.17, 15) is 0 Å². The molecule has 1 aromatic carbocycles. The highest BCUT2D eigenvalue weighted by atomic mass is 31.1. The van der Waals surface area contributed by atoms with E-state index in [1.165, 1.54) is 101 Å². The van der Waals surface area contributed by atoms with Crippen molar-refractivity contribution in [2.45, 2.75) is 96.8 Å². The van der Waals surface area contributed by atoms with Gasteiger partial charge in [0.05, 0.1) is 0 Å². The van der Waals surface area contributed by atoms with Gasteiger partial charge in [0.1, 0.15) is 0 Å². The fourth-order valence-corrected chi connectivity index (χ4v) is 4.25. The molecule has 0 aromatic heterocycles. The molecule has 0 heterocycles. The molecule has 0 fully saturated rings. The van der Waals surface area contributed by atoms with Crippen LogP contribution >= 0.6 is 8.58 Å². The minimum absolute atomic E-state index is 1.02. The molecule has 0 saturated carbocycles. The normalized spacial score (nSPS) is 11.5. The first-order valence-corrected chi connectivity index (χ1v) is 11.4. The van der Waals surface area contributed by atoms with Crippen molar-refractivity contribution in [3.63, 3.8) is 0 Å². The number of rotatable bonds is 16. The Balaban J connectivity index is 1.72. The number of hydrogen-bond donors (Lipinski definition) is 0. The first-order chi connectivity index (χ1) is 11.4. The lowest BCUT2D eigenvalue weighted by Gasteiger charge is -2.04. The Labute approximate surface area is 147 Å². The maximum Gasteiger partial charge on any atom is -0.0271 e. The molecule has 1 rings (SSSR count). The molecule has 0 saturated heterocycles. The molecule has 0 radical (unpaired) electrons. The molecule has 0 aliphatic carbocycles. The smallest absolute Gasteiger partial charge is 0.0271 e. The van der Waals surface area contributed by atoms with Crippen molar-refractivity contribution in [3.05, 3.63) is 30.3 Å². The van der Waals surface area contributed by atoms with E-state index in [1.54, 1.807) is 0 Å². The van der Waals surface area contributed by atoms with Gasteiger partial charge in [-0.15, -0.1) is 0 Å². The van der Waals surface area contributed by atoms with Crippen LogP contribution in [0.15, 0.2) is 30.3 Å². The van der Waals surface area contributed by atoms with Crippen LogP contribution in [0.1, 0.15) is 96.8 Å². The van der Waals surface area contributed by atoms with Crippen LogP contribution in [0.3, 0.4) is 0 Å². The molecule has 0 amide bonds. The van der Waals surface area contributed by atoms with E-state index in [0.717, 1.165) is 8.58 Å². The molecule has 1 heteroatoms. The van der Waals surface area contributed by atoms with Crippen LogP contribution in [0.25, 0.3) is 0 Å². The average Bonchev–Trinajstić information content (AvgIpc) is 2.59. The van der Waals surface area contributed by atoms with Crippen molar-refractivity contribution < 1.29 is 0 Å². The minimum atomic E-state index is 1.02. The summed E-state index contributed by atoms with van der Waals surface area (Å²) in [5, 5.41) is 1.53. The van der Waals surface area contributed by atoms with Gasteiger partial charge in [0.25, 0.3) is 0 Å². The fraction of sp³-hybridized carbons (Fsp3) is 0.727. The van der Waals surface area contributed by atoms with Crippen molar-refractivity contribution in [3.8, 4) is 0 Å². The van der Waals surface area contributed by atoms with E-state index in [1.807, 2.05) is 0 Å². The van der Waals surface area contributed by atoms with Gasteiger partial charge in [-0.2, -0.15) is 0 Å². The highest BCUT2D eigenvalue weighted by Gasteiger charge is 1.95. The lowest BCUT2D eigenvalue weighted by molar-refractivity contribution is 0.538. The summed E-state index contributed by atoms with van der Waals surface area (Å²) < 4.78 is 0. The quantitative estimate of drug-likeness (QED) is 0.217. The van der Waals surface area contributed by atoms with E-state index >= 15 is 0 Å². The predicted molar refractivity (Wildman–Crippen MR) is 110 cm³/mol. The van der Waals surface area contributed by atoms with Gasteiger partial charge in [-0.3, -0.25) is 0 Å². The number of hydrogen-bond acceptors (Lipinski definition) is 0. The van der Waals surface area contributed by atoms with Crippen LogP contribution in [-0.4, -0.2) is 6.16 Å². The van der Waals surface area contributed by atoms with Gasteiger partial charge in [0.2, 0.25) is 0 Å². The summed E-state index contributed by atoms with van der Waals surface area (Å²) in [4.78, 5) is 0. The standard InChI is InChI=1S/C22H39P/c1-2-3-4-5-6-7-8-9-10-11-12-13-14-18-21-23-22-19-16-15-17-20-22/h15-17,19-20,23H,2-14,18,21H2,1H3. The Hall–Kier alpha value is -0.350. The van der Waals surface area contributed by atoms with Crippen LogP contribution < -0.4 is 5.30 Å². The molecule has 1 unspecified atom stereocenters. The molecule has 1 atom stereocenters. The molecule has 0 aliphatic rings. The SMILES string of the molecule is CCCCCCCCCCCCCCCCPc1ccccc1. The predicted octanol–water partition coefficient (Wildman–Crippen LogP) is 7.47. The summed E-state index contributed by atoms with van der Waals surface area (Å²) in [6.07, 6.45) is 21.8. The van der Waals surface area contributed by atoms with E-state index < -0.39 is 0 Å². The van der Waals surface area contributed by atoms with Crippen molar-refractivity contribution in [1.82, 2.24) is 0 Å². The Morgan fingerprint density at radius 3 is 1.48 bits per heavy atom. The monoisotopic (exact) mass is 334 g/mol. The van der Waals surface area contributed by atoms with Crippen molar-refractivity contribution >= 4 is 13.9 Å². The van der Waals surface area contributed by atoms with Crippen LogP contribution in [-0.2, 0) is 0 Å². The molecule has 0 nitrogen and oxygen atoms in total. The highest BCUT2D eigenvalue weighted by Crippen LogP contribution is 2.16. The van der Waals surface area contributed by atoms with E-state index in [2.05, 4.69) is 37.3 Å². The van der Waals surface area contributed by atoms with Crippen molar-refractivity contribution in [2.24, 2.45) is 0 Å². The van der Waals surface area contributed by atoms with Crippen LogP contribution in [0, 0.1) is 0 Å². The Kier molecular flexibility index (Phi) is 14.9. The lowest BCUT2D eigenvalue weighted by Crippen LogP contribution is -1.93. The van der Waals surface area contributed by atoms with Gasteiger partial charge in [-0.05, 0) is 17.9 Å². The maximum atomic E-state index is 2.30. The van der Waals surface area contributed by atoms with Crippen molar-refractivity contribution in [2.75, 3.05) is 6.16 Å². The summed E-state index contributed by atoms with van der Waals surface area (Å²) in [6.45, 7) is 2.30. The van der Waals surface area contributed by atoms with Gasteiger partial charge in [-0.1, -0.05) is 129 Å². The molecule has 0 spiro atoms. The highest BCUT2D eigenvalue weighted by molar-refractivity contribution is 7.47. The topological polar surface area (TPSA) is 0 Å². The summed E-state index contributed by atoms with van der Waals surface area (Å²) in [7, 11) is 1.02. The fourth-order valence-electron chi connectivity index (χ4n) is 3.11. The van der Waals surface area contributed by atoms with Crippen LogP contribution in [0.2, 0.25) is 0 Å². The Morgan fingerprint density at radius 2 is 1.00 bits per heavy atom. The van der Waals surface area contributed by atoms with Gasteiger partial charge in [0, 0.05) is 0 Å². The zero-order chi connectivity index (χ0) is 16.4. The molecule has 23 heavy (non-hydrogen) atoms. The lowest BCUT2D eigenvalue weighted by atomic mass is 10.0. The third kappa shape index (κ3) is 13.8. The van der Waals surface area contributed by atoms with Gasteiger partial charge in [0.15, 0.2) is 0 Å². The molecular weight excluding hydrogens is 295 g/mol. The largest absolute Gasteiger partial charge is 0.0904 e. The van der Waals surface area contributed by atoms with Gasteiger partial charge >= 0.3 is 0 Å². The Morgan fingerprint density at radius 1 is 0.565 bits per heavy atom. The molecular formula is C22H39P. The first-order valence-electron chi connectivity index (χ1n) is 10.2. The summed E-state index contributed by atoms with van der Waals surface area (Å²) >= 11 is 0. The third-order valence-corrected chi connectivity index (χ3v) is 5.98. The average molecular weight is 335 g/mol. The van der Waals surface area contributed by atoms with E-state index in [0.29, 0.717) is 0 Å². The summed E-state index contributed by atoms with van der Waals surface area (Å²) in [5.41, 5.74) is 0. The van der Waals surface area contributed by atoms with Gasteiger partial charge in [-0.25, -0.2) is 0 Å². The van der Waals surface area contributed by atoms with Gasteiger partial charge < -0.3 is 0 Å². The zero-order valence-corrected chi connectivity index (χ0v) is 16.5. The second kappa shape index (κ2) is 16.5. The minimum Gasteiger partial charge on any atom is -0.0904 e. The Bertz CT molecular complexity index is 333. The molecule has 0 bridgehead atoms. The maximum absolute atomic E-state index is 2.30. The zero-order valence-electron chi connectivity index (χ0n) is 15.5. The second-order valence-corrected chi connectivity index (χ2v) is 8.32. The molecule has 0 aliphatic heterocycles. The van der Waals surface area contributed by atoms with Crippen molar-refractivity contribution in [1.29, 1.82) is 0 Å². The second-order valence-electron chi connectivity index (χ2n) is 6.89. The molecule has 1 aromatic rings. The summed E-state index contributed by atoms with van der Waals surface area (Å²) in [5.74, 6) is 0. The van der Waals surface area contributed by atoms with Crippen LogP contribution in [0.5, 0.6) is 0 Å². The van der Waals surface area contributed by atoms with E-state index in [4.69, 9.17) is 0 Å².